The molecule has 126 valence electrons. The third-order valence-corrected chi connectivity index (χ3v) is 3.83. The third-order valence-electron chi connectivity index (χ3n) is 3.06. The highest BCUT2D eigenvalue weighted by molar-refractivity contribution is 7.80. The van der Waals surface area contributed by atoms with Gasteiger partial charge in [0.25, 0.3) is 5.91 Å². The largest absolute Gasteiger partial charge is 0.496 e. The van der Waals surface area contributed by atoms with Crippen molar-refractivity contribution in [2.75, 3.05) is 19.5 Å². The van der Waals surface area contributed by atoms with Crippen LogP contribution in [0.5, 0.6) is 11.5 Å². The zero-order chi connectivity index (χ0) is 17.7. The topological polar surface area (TPSA) is 59.6 Å². The molecular weight excluding hydrogens is 371 g/mol. The van der Waals surface area contributed by atoms with E-state index in [4.69, 9.17) is 44.9 Å². The number of ether oxygens (including phenoxy) is 2. The molecular formula is C16H14Cl2N2O3S. The first-order chi connectivity index (χ1) is 11.5. The first kappa shape index (κ1) is 18.3. The maximum atomic E-state index is 12.5. The van der Waals surface area contributed by atoms with Crippen LogP contribution in [0.4, 0.5) is 5.69 Å². The highest BCUT2D eigenvalue weighted by Crippen LogP contribution is 2.28. The first-order valence-electron chi connectivity index (χ1n) is 6.74. The van der Waals surface area contributed by atoms with Gasteiger partial charge in [0.1, 0.15) is 17.1 Å². The molecule has 0 saturated heterocycles. The van der Waals surface area contributed by atoms with Gasteiger partial charge in [-0.1, -0.05) is 29.3 Å². The predicted molar refractivity (Wildman–Crippen MR) is 99.7 cm³/mol. The lowest BCUT2D eigenvalue weighted by Crippen LogP contribution is -2.34. The number of rotatable bonds is 4. The Morgan fingerprint density at radius 1 is 1.08 bits per heavy atom. The van der Waals surface area contributed by atoms with E-state index in [2.05, 4.69) is 10.6 Å². The Morgan fingerprint density at radius 2 is 1.71 bits per heavy atom. The molecule has 1 amide bonds. The minimum absolute atomic E-state index is 0.0668. The zero-order valence-corrected chi connectivity index (χ0v) is 15.2. The minimum Gasteiger partial charge on any atom is -0.496 e. The maximum absolute atomic E-state index is 12.5. The molecule has 0 spiro atoms. The van der Waals surface area contributed by atoms with Crippen LogP contribution in [-0.4, -0.2) is 25.2 Å². The van der Waals surface area contributed by atoms with Gasteiger partial charge >= 0.3 is 0 Å². The van der Waals surface area contributed by atoms with Gasteiger partial charge < -0.3 is 14.8 Å². The van der Waals surface area contributed by atoms with E-state index in [-0.39, 0.29) is 10.7 Å². The Bertz CT molecular complexity index is 762. The number of carbonyl (C=O) groups is 1. The summed E-state index contributed by atoms with van der Waals surface area (Å²) in [5.41, 5.74) is 0.727. The van der Waals surface area contributed by atoms with E-state index in [1.165, 1.54) is 14.2 Å². The van der Waals surface area contributed by atoms with Gasteiger partial charge in [0.2, 0.25) is 0 Å². The monoisotopic (exact) mass is 384 g/mol. The Labute approximate surface area is 154 Å². The Kier molecular flexibility index (Phi) is 6.25. The molecule has 0 bridgehead atoms. The lowest BCUT2D eigenvalue weighted by molar-refractivity contribution is 0.0971. The number of halogens is 2. The molecule has 0 aliphatic carbocycles. The highest BCUT2D eigenvalue weighted by Gasteiger charge is 2.19. The summed E-state index contributed by atoms with van der Waals surface area (Å²) in [7, 11) is 2.93. The summed E-state index contributed by atoms with van der Waals surface area (Å²) in [5.74, 6) is 0.269. The lowest BCUT2D eigenvalue weighted by atomic mass is 10.1. The second-order valence-corrected chi connectivity index (χ2v) is 5.82. The van der Waals surface area contributed by atoms with Crippen molar-refractivity contribution >= 4 is 52.1 Å². The van der Waals surface area contributed by atoms with Crippen LogP contribution in [0.1, 0.15) is 10.4 Å². The van der Waals surface area contributed by atoms with Gasteiger partial charge in [-0.2, -0.15) is 0 Å². The molecule has 2 rings (SSSR count). The van der Waals surface area contributed by atoms with Crippen molar-refractivity contribution in [3.63, 3.8) is 0 Å². The molecule has 0 atom stereocenters. The fourth-order valence-corrected chi connectivity index (χ4v) is 2.53. The Morgan fingerprint density at radius 3 is 2.29 bits per heavy atom. The molecule has 0 fully saturated rings. The number of hydrogen-bond donors (Lipinski definition) is 2. The highest BCUT2D eigenvalue weighted by atomic mass is 35.5. The van der Waals surface area contributed by atoms with Crippen molar-refractivity contribution in [1.29, 1.82) is 0 Å². The summed E-state index contributed by atoms with van der Waals surface area (Å²) < 4.78 is 10.4. The minimum atomic E-state index is -0.472. The van der Waals surface area contributed by atoms with Crippen molar-refractivity contribution in [2.24, 2.45) is 0 Å². The maximum Gasteiger partial charge on any atom is 0.264 e. The van der Waals surface area contributed by atoms with Crippen molar-refractivity contribution in [3.05, 3.63) is 52.0 Å². The van der Waals surface area contributed by atoms with Crippen molar-refractivity contribution in [3.8, 4) is 11.5 Å². The van der Waals surface area contributed by atoms with Crippen LogP contribution in [0, 0.1) is 0 Å². The number of benzene rings is 2. The molecule has 8 heteroatoms. The quantitative estimate of drug-likeness (QED) is 0.775. The SMILES string of the molecule is COc1cccc(OC)c1C(=O)NC(=S)Nc1cc(Cl)ccc1Cl. The second-order valence-electron chi connectivity index (χ2n) is 4.57. The number of thiocarbonyl (C=S) groups is 1. The second kappa shape index (κ2) is 8.19. The molecule has 0 aliphatic rings. The van der Waals surface area contributed by atoms with Crippen LogP contribution in [0.25, 0.3) is 0 Å². The fraction of sp³-hybridized carbons (Fsp3) is 0.125. The van der Waals surface area contributed by atoms with Crippen LogP contribution in [0.3, 0.4) is 0 Å². The summed E-state index contributed by atoms with van der Waals surface area (Å²) in [6, 6.07) is 9.91. The van der Waals surface area contributed by atoms with Gasteiger partial charge in [0, 0.05) is 5.02 Å². The van der Waals surface area contributed by atoms with Crippen LogP contribution in [-0.2, 0) is 0 Å². The lowest BCUT2D eigenvalue weighted by Gasteiger charge is -2.14. The summed E-state index contributed by atoms with van der Waals surface area (Å²) in [6.45, 7) is 0. The molecule has 0 heterocycles. The zero-order valence-electron chi connectivity index (χ0n) is 12.9. The fourth-order valence-electron chi connectivity index (χ4n) is 1.99. The molecule has 0 radical (unpaired) electrons. The average Bonchev–Trinajstić information content (AvgIpc) is 2.57. The average molecular weight is 385 g/mol. The summed E-state index contributed by atoms with van der Waals surface area (Å²) >= 11 is 17.1. The number of nitrogens with one attached hydrogen (secondary N) is 2. The van der Waals surface area contributed by atoms with Gasteiger partial charge in [0.05, 0.1) is 24.9 Å². The standard InChI is InChI=1S/C16H14Cl2N2O3S/c1-22-12-4-3-5-13(23-2)14(12)15(21)20-16(24)19-11-8-9(17)6-7-10(11)18/h3-8H,1-2H3,(H2,19,20,21,24). The van der Waals surface area contributed by atoms with Gasteiger partial charge in [-0.05, 0) is 42.5 Å². The third kappa shape index (κ3) is 4.29. The molecule has 0 unspecified atom stereocenters. The normalized spacial score (nSPS) is 10.0. The van der Waals surface area contributed by atoms with Crippen molar-refractivity contribution in [1.82, 2.24) is 5.32 Å². The van der Waals surface area contributed by atoms with E-state index in [0.29, 0.717) is 27.2 Å². The van der Waals surface area contributed by atoms with Crippen molar-refractivity contribution < 1.29 is 14.3 Å². The molecule has 5 nitrogen and oxygen atoms in total. The molecule has 2 aromatic rings. The van der Waals surface area contributed by atoms with E-state index in [1.54, 1.807) is 36.4 Å². The van der Waals surface area contributed by atoms with Crippen LogP contribution in [0.2, 0.25) is 10.0 Å². The van der Waals surface area contributed by atoms with E-state index in [1.807, 2.05) is 0 Å². The van der Waals surface area contributed by atoms with Gasteiger partial charge in [-0.15, -0.1) is 0 Å². The molecule has 0 aromatic heterocycles. The van der Waals surface area contributed by atoms with E-state index < -0.39 is 5.91 Å². The Balaban J connectivity index is 2.18. The molecule has 0 aliphatic heterocycles. The molecule has 2 aromatic carbocycles. The number of amides is 1. The van der Waals surface area contributed by atoms with E-state index in [0.717, 1.165) is 0 Å². The Hall–Kier alpha value is -2.02. The van der Waals surface area contributed by atoms with Crippen LogP contribution in [0.15, 0.2) is 36.4 Å². The number of hydrogen-bond acceptors (Lipinski definition) is 4. The van der Waals surface area contributed by atoms with Crippen LogP contribution < -0.4 is 20.1 Å². The van der Waals surface area contributed by atoms with E-state index >= 15 is 0 Å². The predicted octanol–water partition coefficient (Wildman–Crippen LogP) is 4.14. The van der Waals surface area contributed by atoms with E-state index in [9.17, 15) is 4.79 Å². The molecule has 0 saturated carbocycles. The van der Waals surface area contributed by atoms with Gasteiger partial charge in [0.15, 0.2) is 5.11 Å². The van der Waals surface area contributed by atoms with Crippen molar-refractivity contribution in [2.45, 2.75) is 0 Å². The smallest absolute Gasteiger partial charge is 0.264 e. The first-order valence-corrected chi connectivity index (χ1v) is 7.91. The van der Waals surface area contributed by atoms with Crippen LogP contribution >= 0.6 is 35.4 Å². The van der Waals surface area contributed by atoms with Gasteiger partial charge in [-0.25, -0.2) is 0 Å². The molecule has 2 N–H and O–H groups in total. The van der Waals surface area contributed by atoms with Gasteiger partial charge in [-0.3, -0.25) is 10.1 Å². The molecule has 24 heavy (non-hydrogen) atoms. The summed E-state index contributed by atoms with van der Waals surface area (Å²) in [4.78, 5) is 12.5. The number of methoxy groups -OCH3 is 2. The summed E-state index contributed by atoms with van der Waals surface area (Å²) in [5, 5.41) is 6.37. The number of carbonyl (C=O) groups excluding carboxylic acids is 1. The number of anilines is 1. The summed E-state index contributed by atoms with van der Waals surface area (Å²) in [6.07, 6.45) is 0.